The monoisotopic (exact) mass is 274 g/mol. The molecule has 0 saturated carbocycles. The van der Waals surface area contributed by atoms with E-state index < -0.39 is 0 Å². The van der Waals surface area contributed by atoms with Gasteiger partial charge in [0.1, 0.15) is 0 Å². The summed E-state index contributed by atoms with van der Waals surface area (Å²) in [5, 5.41) is 0.766. The fourth-order valence-electron chi connectivity index (χ4n) is 2.07. The third-order valence-electron chi connectivity index (χ3n) is 3.59. The molecule has 0 aromatic heterocycles. The van der Waals surface area contributed by atoms with Gasteiger partial charge in [-0.1, -0.05) is 23.7 Å². The summed E-state index contributed by atoms with van der Waals surface area (Å²) in [6, 6.07) is 14.4. The molecule has 0 aliphatic carbocycles. The first-order valence-corrected chi connectivity index (χ1v) is 6.71. The lowest BCUT2D eigenvalue weighted by Crippen LogP contribution is -2.21. The lowest BCUT2D eigenvalue weighted by Gasteiger charge is -2.28. The number of rotatable bonds is 3. The molecule has 0 fully saturated rings. The second-order valence-corrected chi connectivity index (χ2v) is 5.32. The van der Waals surface area contributed by atoms with E-state index in [1.165, 1.54) is 5.56 Å². The van der Waals surface area contributed by atoms with Gasteiger partial charge in [-0.05, 0) is 55.3 Å². The number of benzene rings is 2. The van der Waals surface area contributed by atoms with Gasteiger partial charge in [0, 0.05) is 23.4 Å². The summed E-state index contributed by atoms with van der Waals surface area (Å²) in [6.45, 7) is 4.20. The lowest BCUT2D eigenvalue weighted by atomic mass is 10.1. The van der Waals surface area contributed by atoms with E-state index in [1.807, 2.05) is 25.1 Å². The number of nitrogen functional groups attached to an aromatic ring is 1. The van der Waals surface area contributed by atoms with Crippen LogP contribution in [0.4, 0.5) is 11.4 Å². The molecular formula is C16H19ClN2. The van der Waals surface area contributed by atoms with Crippen LogP contribution in [0, 0.1) is 6.92 Å². The number of halogens is 1. The first-order chi connectivity index (χ1) is 8.99. The molecule has 1 atom stereocenters. The highest BCUT2D eigenvalue weighted by Crippen LogP contribution is 2.28. The van der Waals surface area contributed by atoms with E-state index in [9.17, 15) is 0 Å². The minimum atomic E-state index is 0.278. The van der Waals surface area contributed by atoms with Gasteiger partial charge >= 0.3 is 0 Å². The van der Waals surface area contributed by atoms with Crippen molar-refractivity contribution < 1.29 is 0 Å². The number of anilines is 2. The van der Waals surface area contributed by atoms with Crippen LogP contribution in [0.3, 0.4) is 0 Å². The summed E-state index contributed by atoms with van der Waals surface area (Å²) < 4.78 is 0. The summed E-state index contributed by atoms with van der Waals surface area (Å²) in [4.78, 5) is 2.23. The van der Waals surface area contributed by atoms with Crippen molar-refractivity contribution in [2.45, 2.75) is 19.9 Å². The van der Waals surface area contributed by atoms with Crippen LogP contribution in [0.5, 0.6) is 0 Å². The van der Waals surface area contributed by atoms with Gasteiger partial charge in [-0.3, -0.25) is 0 Å². The number of aryl methyl sites for hydroxylation is 1. The molecule has 2 rings (SSSR count). The van der Waals surface area contributed by atoms with Crippen molar-refractivity contribution in [3.05, 3.63) is 58.6 Å². The van der Waals surface area contributed by atoms with Crippen molar-refractivity contribution in [1.82, 2.24) is 0 Å². The number of nitrogens with zero attached hydrogens (tertiary/aromatic N) is 1. The Morgan fingerprint density at radius 2 is 1.74 bits per heavy atom. The molecule has 2 aromatic carbocycles. The molecule has 3 heteroatoms. The maximum Gasteiger partial charge on any atom is 0.0511 e. The highest BCUT2D eigenvalue weighted by atomic mass is 35.5. The fourth-order valence-corrected chi connectivity index (χ4v) is 2.19. The Bertz CT molecular complexity index is 563. The predicted molar refractivity (Wildman–Crippen MR) is 83.9 cm³/mol. The summed E-state index contributed by atoms with van der Waals surface area (Å²) in [5.74, 6) is 0. The van der Waals surface area contributed by atoms with Crippen LogP contribution in [-0.4, -0.2) is 7.05 Å². The molecule has 0 aliphatic rings. The second-order valence-electron chi connectivity index (χ2n) is 4.88. The van der Waals surface area contributed by atoms with Crippen LogP contribution in [0.15, 0.2) is 42.5 Å². The molecular weight excluding hydrogens is 256 g/mol. The van der Waals surface area contributed by atoms with Gasteiger partial charge in [-0.2, -0.15) is 0 Å². The Balaban J connectivity index is 2.25. The van der Waals surface area contributed by atoms with E-state index in [4.69, 9.17) is 17.3 Å². The standard InChI is InChI=1S/C16H19ClN2/c1-11-10-15(8-9-16(11)18)19(3)12(2)13-4-6-14(17)7-5-13/h4-10,12H,18H2,1-3H3. The Morgan fingerprint density at radius 1 is 1.11 bits per heavy atom. The van der Waals surface area contributed by atoms with Crippen molar-refractivity contribution in [3.8, 4) is 0 Å². The van der Waals surface area contributed by atoms with Crippen LogP contribution < -0.4 is 10.6 Å². The van der Waals surface area contributed by atoms with Crippen LogP contribution in [-0.2, 0) is 0 Å². The summed E-state index contributed by atoms with van der Waals surface area (Å²) >= 11 is 5.92. The highest BCUT2D eigenvalue weighted by molar-refractivity contribution is 6.30. The Morgan fingerprint density at radius 3 is 2.32 bits per heavy atom. The van der Waals surface area contributed by atoms with E-state index in [0.717, 1.165) is 22.0 Å². The molecule has 19 heavy (non-hydrogen) atoms. The zero-order valence-electron chi connectivity index (χ0n) is 11.5. The minimum absolute atomic E-state index is 0.278. The van der Waals surface area contributed by atoms with Crippen LogP contribution in [0.25, 0.3) is 0 Å². The van der Waals surface area contributed by atoms with Crippen molar-refractivity contribution in [1.29, 1.82) is 0 Å². The van der Waals surface area contributed by atoms with E-state index in [1.54, 1.807) is 0 Å². The zero-order valence-corrected chi connectivity index (χ0v) is 12.3. The van der Waals surface area contributed by atoms with Crippen LogP contribution in [0.1, 0.15) is 24.1 Å². The van der Waals surface area contributed by atoms with E-state index in [0.29, 0.717) is 0 Å². The van der Waals surface area contributed by atoms with E-state index in [-0.39, 0.29) is 6.04 Å². The van der Waals surface area contributed by atoms with Gasteiger partial charge in [0.25, 0.3) is 0 Å². The number of hydrogen-bond donors (Lipinski definition) is 1. The first-order valence-electron chi connectivity index (χ1n) is 6.33. The summed E-state index contributed by atoms with van der Waals surface area (Å²) in [7, 11) is 2.09. The molecule has 0 spiro atoms. The van der Waals surface area contributed by atoms with E-state index >= 15 is 0 Å². The second kappa shape index (κ2) is 5.54. The molecule has 0 amide bonds. The van der Waals surface area contributed by atoms with Crippen molar-refractivity contribution in [3.63, 3.8) is 0 Å². The summed E-state index contributed by atoms with van der Waals surface area (Å²) in [5.41, 5.74) is 10.2. The predicted octanol–water partition coefficient (Wildman–Crippen LogP) is 4.43. The Hall–Kier alpha value is -1.67. The Labute approximate surface area is 119 Å². The third kappa shape index (κ3) is 3.02. The first kappa shape index (κ1) is 13.8. The van der Waals surface area contributed by atoms with Gasteiger partial charge in [0.15, 0.2) is 0 Å². The molecule has 0 radical (unpaired) electrons. The van der Waals surface area contributed by atoms with Gasteiger partial charge < -0.3 is 10.6 Å². The molecule has 1 unspecified atom stereocenters. The molecule has 0 bridgehead atoms. The quantitative estimate of drug-likeness (QED) is 0.839. The molecule has 2 N–H and O–H groups in total. The molecule has 100 valence electrons. The largest absolute Gasteiger partial charge is 0.399 e. The van der Waals surface area contributed by atoms with E-state index in [2.05, 4.69) is 43.1 Å². The SMILES string of the molecule is Cc1cc(N(C)C(C)c2ccc(Cl)cc2)ccc1N. The van der Waals surface area contributed by atoms with Crippen molar-refractivity contribution >= 4 is 23.0 Å². The topological polar surface area (TPSA) is 29.3 Å². The minimum Gasteiger partial charge on any atom is -0.399 e. The number of hydrogen-bond acceptors (Lipinski definition) is 2. The van der Waals surface area contributed by atoms with Gasteiger partial charge in [-0.25, -0.2) is 0 Å². The van der Waals surface area contributed by atoms with Gasteiger partial charge in [0.2, 0.25) is 0 Å². The molecule has 0 heterocycles. The molecule has 0 aliphatic heterocycles. The zero-order chi connectivity index (χ0) is 14.0. The smallest absolute Gasteiger partial charge is 0.0511 e. The molecule has 2 nitrogen and oxygen atoms in total. The average molecular weight is 275 g/mol. The van der Waals surface area contributed by atoms with Gasteiger partial charge in [-0.15, -0.1) is 0 Å². The van der Waals surface area contributed by atoms with Crippen molar-refractivity contribution in [2.75, 3.05) is 17.7 Å². The maximum absolute atomic E-state index is 5.92. The van der Waals surface area contributed by atoms with Crippen LogP contribution >= 0.6 is 11.6 Å². The molecule has 2 aromatic rings. The van der Waals surface area contributed by atoms with Gasteiger partial charge in [0.05, 0.1) is 6.04 Å². The number of nitrogens with two attached hydrogens (primary N) is 1. The molecule has 0 saturated heterocycles. The fraction of sp³-hybridized carbons (Fsp3) is 0.250. The lowest BCUT2D eigenvalue weighted by molar-refractivity contribution is 0.739. The normalized spacial score (nSPS) is 12.2. The Kier molecular flexibility index (Phi) is 4.01. The summed E-state index contributed by atoms with van der Waals surface area (Å²) in [6.07, 6.45) is 0. The highest BCUT2D eigenvalue weighted by Gasteiger charge is 2.12. The maximum atomic E-state index is 5.92. The van der Waals surface area contributed by atoms with Crippen molar-refractivity contribution in [2.24, 2.45) is 0 Å². The average Bonchev–Trinajstić information content (AvgIpc) is 2.41. The van der Waals surface area contributed by atoms with Crippen LogP contribution in [0.2, 0.25) is 5.02 Å². The third-order valence-corrected chi connectivity index (χ3v) is 3.85.